The number of aliphatic hydroxyl groups is 1. The van der Waals surface area contributed by atoms with Crippen LogP contribution in [0.1, 0.15) is 54.8 Å². The molecule has 0 saturated carbocycles. The lowest BCUT2D eigenvalue weighted by atomic mass is 9.74. The SMILES string of the molecule is O=C(OCC1c2ccccc2-c2ccccc21)N1C2CCCC1CC(O)(c1ccccn1)C2. The number of amides is 1. The molecule has 3 aromatic rings. The van der Waals surface area contributed by atoms with Gasteiger partial charge in [0.15, 0.2) is 0 Å². The summed E-state index contributed by atoms with van der Waals surface area (Å²) in [6.45, 7) is 0.327. The molecule has 6 rings (SSSR count). The van der Waals surface area contributed by atoms with Crippen LogP contribution in [-0.4, -0.2) is 39.8 Å². The zero-order chi connectivity index (χ0) is 22.4. The Labute approximate surface area is 194 Å². The Balaban J connectivity index is 1.21. The standard InChI is InChI=1S/C28H28N2O3/c31-27(33-18-25-23-12-3-1-10-21(23)22-11-2-4-13-24(22)25)30-19-8-7-9-20(30)17-28(32,16-19)26-14-5-6-15-29-26/h1-6,10-15,19-20,25,32H,7-9,16-18H2. The normalized spacial score (nSPS) is 25.9. The van der Waals surface area contributed by atoms with E-state index in [1.54, 1.807) is 6.20 Å². The second-order valence-electron chi connectivity index (χ2n) is 9.60. The van der Waals surface area contributed by atoms with E-state index in [0.29, 0.717) is 25.1 Å². The zero-order valence-corrected chi connectivity index (χ0v) is 18.6. The Morgan fingerprint density at radius 2 is 1.55 bits per heavy atom. The van der Waals surface area contributed by atoms with Gasteiger partial charge >= 0.3 is 6.09 Å². The van der Waals surface area contributed by atoms with Gasteiger partial charge in [-0.05, 0) is 53.6 Å². The van der Waals surface area contributed by atoms with Crippen LogP contribution in [0.25, 0.3) is 11.1 Å². The van der Waals surface area contributed by atoms with E-state index in [0.717, 1.165) is 19.3 Å². The van der Waals surface area contributed by atoms with Gasteiger partial charge in [-0.2, -0.15) is 0 Å². The van der Waals surface area contributed by atoms with Crippen molar-refractivity contribution in [3.05, 3.63) is 89.7 Å². The molecule has 1 aromatic heterocycles. The van der Waals surface area contributed by atoms with Gasteiger partial charge in [0, 0.05) is 37.0 Å². The quantitative estimate of drug-likeness (QED) is 0.605. The van der Waals surface area contributed by atoms with Crippen molar-refractivity contribution in [3.8, 4) is 11.1 Å². The molecule has 1 aliphatic carbocycles. The van der Waals surface area contributed by atoms with Gasteiger partial charge in [-0.3, -0.25) is 4.98 Å². The molecular weight excluding hydrogens is 412 g/mol. The fraction of sp³-hybridized carbons (Fsp3) is 0.357. The highest BCUT2D eigenvalue weighted by atomic mass is 16.6. The van der Waals surface area contributed by atoms with Gasteiger partial charge in [-0.1, -0.05) is 54.6 Å². The first-order chi connectivity index (χ1) is 16.1. The summed E-state index contributed by atoms with van der Waals surface area (Å²) in [6, 6.07) is 22.4. The Kier molecular flexibility index (Phi) is 4.95. The van der Waals surface area contributed by atoms with Crippen LogP contribution in [0.15, 0.2) is 72.9 Å². The van der Waals surface area contributed by atoms with Gasteiger partial charge in [0.1, 0.15) is 12.2 Å². The Hall–Kier alpha value is -3.18. The predicted molar refractivity (Wildman–Crippen MR) is 126 cm³/mol. The number of pyridine rings is 1. The number of hydrogen-bond acceptors (Lipinski definition) is 4. The van der Waals surface area contributed by atoms with Gasteiger partial charge in [0.25, 0.3) is 0 Å². The molecule has 5 heteroatoms. The molecule has 2 saturated heterocycles. The van der Waals surface area contributed by atoms with Crippen molar-refractivity contribution >= 4 is 6.09 Å². The van der Waals surface area contributed by atoms with E-state index in [4.69, 9.17) is 4.74 Å². The molecule has 2 aromatic carbocycles. The number of fused-ring (bicyclic) bond motifs is 5. The van der Waals surface area contributed by atoms with E-state index in [1.807, 2.05) is 35.2 Å². The molecule has 2 aliphatic heterocycles. The maximum absolute atomic E-state index is 13.3. The molecular formula is C28H28N2O3. The van der Waals surface area contributed by atoms with Crippen molar-refractivity contribution in [2.24, 2.45) is 0 Å². The van der Waals surface area contributed by atoms with Crippen LogP contribution in [0.2, 0.25) is 0 Å². The second-order valence-corrected chi connectivity index (χ2v) is 9.60. The van der Waals surface area contributed by atoms with E-state index >= 15 is 0 Å². The highest BCUT2D eigenvalue weighted by Gasteiger charge is 2.49. The molecule has 2 fully saturated rings. The number of carbonyl (C=O) groups is 1. The van der Waals surface area contributed by atoms with Crippen LogP contribution in [0.4, 0.5) is 4.79 Å². The van der Waals surface area contributed by atoms with E-state index in [1.165, 1.54) is 22.3 Å². The van der Waals surface area contributed by atoms with Crippen molar-refractivity contribution < 1.29 is 14.6 Å². The predicted octanol–water partition coefficient (Wildman–Crippen LogP) is 5.24. The summed E-state index contributed by atoms with van der Waals surface area (Å²) >= 11 is 0. The fourth-order valence-corrected chi connectivity index (χ4v) is 6.24. The number of rotatable bonds is 3. The van der Waals surface area contributed by atoms with Gasteiger partial charge < -0.3 is 14.7 Å². The van der Waals surface area contributed by atoms with E-state index < -0.39 is 5.60 Å². The topological polar surface area (TPSA) is 62.7 Å². The number of aromatic nitrogens is 1. The third-order valence-corrected chi connectivity index (χ3v) is 7.70. The lowest BCUT2D eigenvalue weighted by Gasteiger charge is -2.51. The van der Waals surface area contributed by atoms with Gasteiger partial charge in [0.2, 0.25) is 0 Å². The number of benzene rings is 2. The molecule has 1 amide bonds. The van der Waals surface area contributed by atoms with Crippen LogP contribution in [0, 0.1) is 0 Å². The third kappa shape index (κ3) is 3.42. The first-order valence-corrected chi connectivity index (χ1v) is 11.9. The highest BCUT2D eigenvalue weighted by molar-refractivity contribution is 5.79. The smallest absolute Gasteiger partial charge is 0.410 e. The highest BCUT2D eigenvalue weighted by Crippen LogP contribution is 2.46. The summed E-state index contributed by atoms with van der Waals surface area (Å²) < 4.78 is 5.98. The van der Waals surface area contributed by atoms with Crippen molar-refractivity contribution in [1.82, 2.24) is 9.88 Å². The van der Waals surface area contributed by atoms with E-state index in [2.05, 4.69) is 41.4 Å². The van der Waals surface area contributed by atoms with Crippen LogP contribution in [0.3, 0.4) is 0 Å². The summed E-state index contributed by atoms with van der Waals surface area (Å²) in [5.41, 5.74) is 4.60. The molecule has 3 aliphatic rings. The van der Waals surface area contributed by atoms with Crippen molar-refractivity contribution in [2.45, 2.75) is 55.7 Å². The van der Waals surface area contributed by atoms with Crippen molar-refractivity contribution in [3.63, 3.8) is 0 Å². The first-order valence-electron chi connectivity index (χ1n) is 11.9. The number of piperidine rings is 2. The lowest BCUT2D eigenvalue weighted by Crippen LogP contribution is -2.59. The monoisotopic (exact) mass is 440 g/mol. The molecule has 2 atom stereocenters. The van der Waals surface area contributed by atoms with Crippen molar-refractivity contribution in [1.29, 1.82) is 0 Å². The van der Waals surface area contributed by atoms with Crippen LogP contribution in [-0.2, 0) is 10.3 Å². The third-order valence-electron chi connectivity index (χ3n) is 7.70. The molecule has 3 heterocycles. The molecule has 1 N–H and O–H groups in total. The average Bonchev–Trinajstić information content (AvgIpc) is 3.16. The number of ether oxygens (including phenoxy) is 1. The molecule has 5 nitrogen and oxygen atoms in total. The minimum atomic E-state index is -0.989. The maximum Gasteiger partial charge on any atom is 0.410 e. The number of nitrogens with zero attached hydrogens (tertiary/aromatic N) is 2. The minimum absolute atomic E-state index is 0.0276. The fourth-order valence-electron chi connectivity index (χ4n) is 6.24. The summed E-state index contributed by atoms with van der Waals surface area (Å²) in [6.07, 6.45) is 5.32. The van der Waals surface area contributed by atoms with Gasteiger partial charge in [0.05, 0.1) is 5.69 Å². The van der Waals surface area contributed by atoms with E-state index in [-0.39, 0.29) is 24.1 Å². The second kappa shape index (κ2) is 7.99. The number of carbonyl (C=O) groups excluding carboxylic acids is 1. The summed E-state index contributed by atoms with van der Waals surface area (Å²) in [7, 11) is 0. The zero-order valence-electron chi connectivity index (χ0n) is 18.6. The molecule has 168 valence electrons. The maximum atomic E-state index is 13.3. The minimum Gasteiger partial charge on any atom is -0.448 e. The molecule has 33 heavy (non-hydrogen) atoms. The summed E-state index contributed by atoms with van der Waals surface area (Å²) in [4.78, 5) is 19.7. The first kappa shape index (κ1) is 20.4. The molecule has 2 unspecified atom stereocenters. The molecule has 0 radical (unpaired) electrons. The Morgan fingerprint density at radius 3 is 2.15 bits per heavy atom. The van der Waals surface area contributed by atoms with Gasteiger partial charge in [-0.15, -0.1) is 0 Å². The van der Waals surface area contributed by atoms with E-state index in [9.17, 15) is 9.90 Å². The van der Waals surface area contributed by atoms with Gasteiger partial charge in [-0.25, -0.2) is 4.79 Å². The Morgan fingerprint density at radius 1 is 0.939 bits per heavy atom. The average molecular weight is 441 g/mol. The van der Waals surface area contributed by atoms with Crippen LogP contribution >= 0.6 is 0 Å². The Bertz CT molecular complexity index is 1120. The van der Waals surface area contributed by atoms with Crippen LogP contribution < -0.4 is 0 Å². The molecule has 0 spiro atoms. The number of hydrogen-bond donors (Lipinski definition) is 1. The summed E-state index contributed by atoms with van der Waals surface area (Å²) in [5.74, 6) is 0.0523. The van der Waals surface area contributed by atoms with Crippen LogP contribution in [0.5, 0.6) is 0 Å². The summed E-state index contributed by atoms with van der Waals surface area (Å²) in [5, 5.41) is 11.4. The largest absolute Gasteiger partial charge is 0.448 e. The lowest BCUT2D eigenvalue weighted by molar-refractivity contribution is -0.0913. The van der Waals surface area contributed by atoms with Crippen molar-refractivity contribution in [2.75, 3.05) is 6.61 Å². The molecule has 2 bridgehead atoms.